The number of hydrogen-bond acceptors (Lipinski definition) is 4. The predicted octanol–water partition coefficient (Wildman–Crippen LogP) is 3.83. The molecule has 1 atom stereocenters. The number of carbonyl (C=O) groups is 2. The normalized spacial score (nSPS) is 17.6. The van der Waals surface area contributed by atoms with E-state index in [0.717, 1.165) is 25.9 Å². The average molecular weight is 384 g/mol. The van der Waals surface area contributed by atoms with Gasteiger partial charge in [-0.2, -0.15) is 0 Å². The first-order valence-corrected chi connectivity index (χ1v) is 8.61. The highest BCUT2D eigenvalue weighted by Crippen LogP contribution is 2.28. The lowest BCUT2D eigenvalue weighted by Crippen LogP contribution is -2.22. The summed E-state index contributed by atoms with van der Waals surface area (Å²) in [5.41, 5.74) is 1.75. The van der Waals surface area contributed by atoms with E-state index in [4.69, 9.17) is 9.47 Å². The number of methoxy groups -OCH3 is 1. The Morgan fingerprint density at radius 2 is 2.17 bits per heavy atom. The first-order valence-electron chi connectivity index (χ1n) is 7.81. The number of hydrogen-bond donors (Lipinski definition) is 1. The Hall–Kier alpha value is -1.40. The molecule has 6 heteroatoms. The summed E-state index contributed by atoms with van der Waals surface area (Å²) < 4.78 is 11.1. The molecule has 126 valence electrons. The fraction of sp³-hybridized carbons (Fsp3) is 0.529. The molecular formula is C17H22BrNO4. The summed E-state index contributed by atoms with van der Waals surface area (Å²) in [5.74, 6) is -0.499. The van der Waals surface area contributed by atoms with E-state index < -0.39 is 5.97 Å². The second kappa shape index (κ2) is 8.45. The highest BCUT2D eigenvalue weighted by Gasteiger charge is 2.19. The largest absolute Gasteiger partial charge is 0.465 e. The van der Waals surface area contributed by atoms with Crippen molar-refractivity contribution in [2.45, 2.75) is 45.1 Å². The van der Waals surface area contributed by atoms with Crippen LogP contribution in [-0.4, -0.2) is 31.7 Å². The van der Waals surface area contributed by atoms with Gasteiger partial charge in [-0.25, -0.2) is 4.79 Å². The Labute approximate surface area is 144 Å². The van der Waals surface area contributed by atoms with Crippen molar-refractivity contribution in [2.24, 2.45) is 0 Å². The highest BCUT2D eigenvalue weighted by atomic mass is 79.9. The first-order chi connectivity index (χ1) is 11.0. The first kappa shape index (κ1) is 17.9. The van der Waals surface area contributed by atoms with Crippen molar-refractivity contribution in [1.29, 1.82) is 0 Å². The van der Waals surface area contributed by atoms with Crippen LogP contribution in [0.5, 0.6) is 0 Å². The van der Waals surface area contributed by atoms with Gasteiger partial charge < -0.3 is 14.8 Å². The van der Waals surface area contributed by atoms with E-state index >= 15 is 0 Å². The van der Waals surface area contributed by atoms with Crippen LogP contribution in [0.2, 0.25) is 0 Å². The van der Waals surface area contributed by atoms with Crippen LogP contribution in [0.15, 0.2) is 16.6 Å². The molecule has 0 aliphatic carbocycles. The summed E-state index contributed by atoms with van der Waals surface area (Å²) in [5, 5.41) is 2.87. The third-order valence-electron chi connectivity index (χ3n) is 4.05. The van der Waals surface area contributed by atoms with Crippen molar-refractivity contribution < 1.29 is 19.1 Å². The molecule has 1 aliphatic heterocycles. The number of benzene rings is 1. The third-order valence-corrected chi connectivity index (χ3v) is 4.71. The molecule has 1 N–H and O–H groups in total. The molecule has 1 aliphatic rings. The van der Waals surface area contributed by atoms with E-state index in [1.54, 1.807) is 19.1 Å². The van der Waals surface area contributed by atoms with Crippen molar-refractivity contribution in [1.82, 2.24) is 0 Å². The number of esters is 1. The van der Waals surface area contributed by atoms with E-state index in [2.05, 4.69) is 21.2 Å². The van der Waals surface area contributed by atoms with E-state index in [0.29, 0.717) is 27.7 Å². The molecule has 0 bridgehead atoms. The van der Waals surface area contributed by atoms with Gasteiger partial charge in [0.15, 0.2) is 0 Å². The molecule has 1 amide bonds. The minimum atomic E-state index is -0.430. The summed E-state index contributed by atoms with van der Waals surface area (Å²) >= 11 is 3.34. The van der Waals surface area contributed by atoms with Crippen LogP contribution in [0, 0.1) is 6.92 Å². The number of nitrogens with one attached hydrogen (secondary N) is 1. The summed E-state index contributed by atoms with van der Waals surface area (Å²) in [6, 6.07) is 3.51. The molecule has 1 fully saturated rings. The number of ether oxygens (including phenoxy) is 2. The van der Waals surface area contributed by atoms with Gasteiger partial charge in [-0.05, 0) is 66.2 Å². The van der Waals surface area contributed by atoms with Gasteiger partial charge >= 0.3 is 5.97 Å². The molecule has 2 rings (SSSR count). The molecule has 0 aromatic heterocycles. The van der Waals surface area contributed by atoms with Crippen LogP contribution >= 0.6 is 15.9 Å². The molecule has 5 nitrogen and oxygen atoms in total. The maximum atomic E-state index is 12.1. The van der Waals surface area contributed by atoms with Gasteiger partial charge in [0.1, 0.15) is 0 Å². The van der Waals surface area contributed by atoms with Crippen LogP contribution in [0.3, 0.4) is 0 Å². The Bertz CT molecular complexity index is 582. The Morgan fingerprint density at radius 3 is 2.83 bits per heavy atom. The van der Waals surface area contributed by atoms with E-state index in [-0.39, 0.29) is 12.0 Å². The van der Waals surface area contributed by atoms with E-state index in [9.17, 15) is 9.59 Å². The lowest BCUT2D eigenvalue weighted by Gasteiger charge is -2.22. The van der Waals surface area contributed by atoms with Crippen molar-refractivity contribution in [3.8, 4) is 0 Å². The van der Waals surface area contributed by atoms with Gasteiger partial charge in [-0.1, -0.05) is 0 Å². The van der Waals surface area contributed by atoms with Crippen LogP contribution in [0.25, 0.3) is 0 Å². The second-order valence-electron chi connectivity index (χ2n) is 5.66. The number of carbonyl (C=O) groups excluding carboxylic acids is 2. The lowest BCUT2D eigenvalue weighted by atomic mass is 10.0. The van der Waals surface area contributed by atoms with Gasteiger partial charge in [-0.15, -0.1) is 0 Å². The average Bonchev–Trinajstić information content (AvgIpc) is 2.56. The molecular weight excluding hydrogens is 362 g/mol. The third kappa shape index (κ3) is 4.78. The fourth-order valence-corrected chi connectivity index (χ4v) is 3.30. The number of amides is 1. The van der Waals surface area contributed by atoms with Crippen molar-refractivity contribution in [2.75, 3.05) is 19.0 Å². The monoisotopic (exact) mass is 383 g/mol. The summed E-state index contributed by atoms with van der Waals surface area (Å²) in [4.78, 5) is 24.0. The van der Waals surface area contributed by atoms with Crippen LogP contribution < -0.4 is 5.32 Å². The summed E-state index contributed by atoms with van der Waals surface area (Å²) in [6.45, 7) is 2.58. The molecule has 1 heterocycles. The molecule has 0 radical (unpaired) electrons. The van der Waals surface area contributed by atoms with E-state index in [1.807, 2.05) is 0 Å². The van der Waals surface area contributed by atoms with Crippen LogP contribution in [-0.2, 0) is 14.3 Å². The summed E-state index contributed by atoms with van der Waals surface area (Å²) in [6.07, 6.45) is 4.62. The highest BCUT2D eigenvalue weighted by molar-refractivity contribution is 9.10. The lowest BCUT2D eigenvalue weighted by molar-refractivity contribution is -0.117. The van der Waals surface area contributed by atoms with Gasteiger partial charge in [0.25, 0.3) is 0 Å². The maximum absolute atomic E-state index is 12.1. The minimum absolute atomic E-state index is 0.0691. The quantitative estimate of drug-likeness (QED) is 0.784. The van der Waals surface area contributed by atoms with Crippen molar-refractivity contribution >= 4 is 33.5 Å². The van der Waals surface area contributed by atoms with Crippen LogP contribution in [0.4, 0.5) is 5.69 Å². The van der Waals surface area contributed by atoms with Gasteiger partial charge in [0.05, 0.1) is 18.8 Å². The zero-order chi connectivity index (χ0) is 16.8. The molecule has 0 unspecified atom stereocenters. The molecule has 1 aromatic rings. The van der Waals surface area contributed by atoms with Gasteiger partial charge in [0.2, 0.25) is 5.91 Å². The zero-order valence-electron chi connectivity index (χ0n) is 13.5. The van der Waals surface area contributed by atoms with Crippen molar-refractivity contribution in [3.63, 3.8) is 0 Å². The fourth-order valence-electron chi connectivity index (χ4n) is 2.71. The Kier molecular flexibility index (Phi) is 6.59. The van der Waals surface area contributed by atoms with E-state index in [1.165, 1.54) is 13.5 Å². The standard InChI is InChI=1S/C17H22BrNO4/c1-11-14(8-7-13(18)16(11)17(21)22-2)19-15(20)9-6-12-5-3-4-10-23-12/h7-8,12H,3-6,9-10H2,1-2H3,(H,19,20)/t12-/m1/s1. The summed E-state index contributed by atoms with van der Waals surface area (Å²) in [7, 11) is 1.34. The minimum Gasteiger partial charge on any atom is -0.465 e. The number of anilines is 1. The molecule has 0 spiro atoms. The van der Waals surface area contributed by atoms with Gasteiger partial charge in [-0.3, -0.25) is 4.79 Å². The molecule has 0 saturated carbocycles. The second-order valence-corrected chi connectivity index (χ2v) is 6.52. The molecule has 1 saturated heterocycles. The Morgan fingerprint density at radius 1 is 1.39 bits per heavy atom. The molecule has 23 heavy (non-hydrogen) atoms. The van der Waals surface area contributed by atoms with Crippen LogP contribution in [0.1, 0.15) is 48.0 Å². The number of rotatable bonds is 5. The smallest absolute Gasteiger partial charge is 0.339 e. The maximum Gasteiger partial charge on any atom is 0.339 e. The molecule has 1 aromatic carbocycles. The SMILES string of the molecule is COC(=O)c1c(Br)ccc(NC(=O)CC[C@H]2CCCCO2)c1C. The Balaban J connectivity index is 1.99. The van der Waals surface area contributed by atoms with Gasteiger partial charge in [0, 0.05) is 23.2 Å². The predicted molar refractivity (Wildman–Crippen MR) is 91.7 cm³/mol. The zero-order valence-corrected chi connectivity index (χ0v) is 15.1. The topological polar surface area (TPSA) is 64.6 Å². The number of halogens is 1. The van der Waals surface area contributed by atoms with Crippen molar-refractivity contribution in [3.05, 3.63) is 27.7 Å².